The van der Waals surface area contributed by atoms with Crippen molar-refractivity contribution in [3.63, 3.8) is 0 Å². The lowest BCUT2D eigenvalue weighted by atomic mass is 9.96. The Morgan fingerprint density at radius 2 is 1.64 bits per heavy atom. The van der Waals surface area contributed by atoms with Gasteiger partial charge in [-0.25, -0.2) is 0 Å². The number of hydrogen-bond donors (Lipinski definition) is 0. The summed E-state index contributed by atoms with van der Waals surface area (Å²) in [6.45, 7) is 2.18. The molecule has 3 heteroatoms. The Labute approximate surface area is 128 Å². The number of rotatable bonds is 1. The van der Waals surface area contributed by atoms with Crippen LogP contribution in [0.15, 0.2) is 54.6 Å². The topological polar surface area (TPSA) is 0 Å². The van der Waals surface area contributed by atoms with E-state index >= 15 is 0 Å². The van der Waals surface area contributed by atoms with E-state index in [2.05, 4.69) is 30.9 Å². The molecule has 0 bridgehead atoms. The molecule has 1 fully saturated rings. The molecule has 1 aliphatic carbocycles. The van der Waals surface area contributed by atoms with Gasteiger partial charge in [0.05, 0.1) is 5.56 Å². The quantitative estimate of drug-likeness (QED) is 0.648. The first-order chi connectivity index (χ1) is 10.4. The Morgan fingerprint density at radius 1 is 1.00 bits per heavy atom. The normalized spacial score (nSPS) is 23.5. The van der Waals surface area contributed by atoms with Gasteiger partial charge in [-0.3, -0.25) is 0 Å². The Bertz CT molecular complexity index is 717. The summed E-state index contributed by atoms with van der Waals surface area (Å²) < 4.78 is 37.5. The van der Waals surface area contributed by atoms with Crippen molar-refractivity contribution in [3.8, 4) is 11.8 Å². The molecule has 0 heterocycles. The van der Waals surface area contributed by atoms with Gasteiger partial charge in [-0.15, -0.1) is 0 Å². The molecule has 0 spiro atoms. The third-order valence-corrected chi connectivity index (χ3v) is 4.27. The molecule has 1 saturated carbocycles. The van der Waals surface area contributed by atoms with Crippen LogP contribution < -0.4 is 0 Å². The van der Waals surface area contributed by atoms with Crippen molar-refractivity contribution in [3.05, 3.63) is 71.3 Å². The van der Waals surface area contributed by atoms with E-state index < -0.39 is 11.7 Å². The van der Waals surface area contributed by atoms with Crippen LogP contribution in [-0.4, -0.2) is 0 Å². The molecule has 0 saturated heterocycles. The summed E-state index contributed by atoms with van der Waals surface area (Å²) in [5, 5.41) is 0. The summed E-state index contributed by atoms with van der Waals surface area (Å²) in [4.78, 5) is 0. The van der Waals surface area contributed by atoms with E-state index in [9.17, 15) is 13.2 Å². The van der Waals surface area contributed by atoms with E-state index in [1.807, 2.05) is 18.2 Å². The summed E-state index contributed by atoms with van der Waals surface area (Å²) in [5.41, 5.74) is 1.32. The highest BCUT2D eigenvalue weighted by Gasteiger charge is 2.50. The maximum Gasteiger partial charge on any atom is 0.416 e. The van der Waals surface area contributed by atoms with Crippen LogP contribution in [0, 0.1) is 17.8 Å². The van der Waals surface area contributed by atoms with Gasteiger partial charge < -0.3 is 0 Å². The largest absolute Gasteiger partial charge is 0.416 e. The predicted octanol–water partition coefficient (Wildman–Crippen LogP) is 5.03. The SMILES string of the molecule is C[C@@]1(c2ccccc2)C[C@H]1C#Cc1ccc(C(F)(F)F)cc1. The average Bonchev–Trinajstić information content (AvgIpc) is 3.18. The van der Waals surface area contributed by atoms with Gasteiger partial charge >= 0.3 is 6.18 Å². The van der Waals surface area contributed by atoms with Crippen LogP contribution in [0.3, 0.4) is 0 Å². The maximum absolute atomic E-state index is 12.5. The molecule has 0 amide bonds. The van der Waals surface area contributed by atoms with Crippen LogP contribution in [0.2, 0.25) is 0 Å². The summed E-state index contributed by atoms with van der Waals surface area (Å²) in [6.07, 6.45) is -3.31. The highest BCUT2D eigenvalue weighted by Crippen LogP contribution is 2.53. The minimum absolute atomic E-state index is 0.0696. The summed E-state index contributed by atoms with van der Waals surface area (Å²) in [7, 11) is 0. The highest BCUT2D eigenvalue weighted by molar-refractivity contribution is 5.42. The predicted molar refractivity (Wildman–Crippen MR) is 80.2 cm³/mol. The fourth-order valence-corrected chi connectivity index (χ4v) is 2.63. The van der Waals surface area contributed by atoms with E-state index in [1.54, 1.807) is 0 Å². The highest BCUT2D eigenvalue weighted by atomic mass is 19.4. The van der Waals surface area contributed by atoms with Gasteiger partial charge in [-0.1, -0.05) is 49.1 Å². The van der Waals surface area contributed by atoms with E-state index in [4.69, 9.17) is 0 Å². The van der Waals surface area contributed by atoms with Crippen molar-refractivity contribution in [1.29, 1.82) is 0 Å². The van der Waals surface area contributed by atoms with E-state index in [0.717, 1.165) is 18.6 Å². The van der Waals surface area contributed by atoms with Crippen molar-refractivity contribution < 1.29 is 13.2 Å². The standard InChI is InChI=1S/C19H15F3/c1-18(15-5-3-2-4-6-15)13-17(18)12-9-14-7-10-16(11-8-14)19(20,21)22/h2-8,10-11,17H,13H2,1H3/t17-,18+/m1/s1. The summed E-state index contributed by atoms with van der Waals surface area (Å²) >= 11 is 0. The van der Waals surface area contributed by atoms with Gasteiger partial charge in [-0.05, 0) is 36.2 Å². The Kier molecular flexibility index (Phi) is 3.48. The zero-order valence-corrected chi connectivity index (χ0v) is 12.1. The van der Waals surface area contributed by atoms with Crippen molar-refractivity contribution in [2.75, 3.05) is 0 Å². The van der Waals surface area contributed by atoms with Crippen molar-refractivity contribution >= 4 is 0 Å². The molecule has 2 aromatic carbocycles. The van der Waals surface area contributed by atoms with Crippen molar-refractivity contribution in [2.45, 2.75) is 24.9 Å². The van der Waals surface area contributed by atoms with Gasteiger partial charge in [0.1, 0.15) is 0 Å². The van der Waals surface area contributed by atoms with E-state index in [-0.39, 0.29) is 11.3 Å². The zero-order valence-electron chi connectivity index (χ0n) is 12.1. The van der Waals surface area contributed by atoms with Crippen LogP contribution in [-0.2, 0) is 11.6 Å². The van der Waals surface area contributed by atoms with Crippen LogP contribution >= 0.6 is 0 Å². The molecule has 112 valence electrons. The number of halogens is 3. The smallest absolute Gasteiger partial charge is 0.166 e. The van der Waals surface area contributed by atoms with Gasteiger partial charge in [0, 0.05) is 16.9 Å². The number of benzene rings is 2. The van der Waals surface area contributed by atoms with Gasteiger partial charge in [-0.2, -0.15) is 13.2 Å². The van der Waals surface area contributed by atoms with Gasteiger partial charge in [0.25, 0.3) is 0 Å². The lowest BCUT2D eigenvalue weighted by Gasteiger charge is -2.08. The van der Waals surface area contributed by atoms with Crippen LogP contribution in [0.25, 0.3) is 0 Å². The molecule has 0 nitrogen and oxygen atoms in total. The molecular weight excluding hydrogens is 285 g/mol. The third kappa shape index (κ3) is 2.87. The Balaban J connectivity index is 1.73. The number of alkyl halides is 3. The fraction of sp³-hybridized carbons (Fsp3) is 0.263. The molecule has 3 rings (SSSR count). The second-order valence-electron chi connectivity index (χ2n) is 5.88. The zero-order chi connectivity index (χ0) is 15.8. The molecule has 0 aromatic heterocycles. The molecule has 0 N–H and O–H groups in total. The first-order valence-corrected chi connectivity index (χ1v) is 7.14. The first-order valence-electron chi connectivity index (χ1n) is 7.14. The molecule has 22 heavy (non-hydrogen) atoms. The molecule has 0 aliphatic heterocycles. The van der Waals surface area contributed by atoms with Crippen molar-refractivity contribution in [2.24, 2.45) is 5.92 Å². The minimum Gasteiger partial charge on any atom is -0.166 e. The molecule has 1 aliphatic rings. The molecule has 2 atom stereocenters. The first kappa shape index (κ1) is 14.7. The van der Waals surface area contributed by atoms with E-state index in [0.29, 0.717) is 5.56 Å². The molecule has 2 aromatic rings. The van der Waals surface area contributed by atoms with E-state index in [1.165, 1.54) is 17.7 Å². The summed E-state index contributed by atoms with van der Waals surface area (Å²) in [5.74, 6) is 6.44. The Hall–Kier alpha value is -2.21. The third-order valence-electron chi connectivity index (χ3n) is 4.27. The lowest BCUT2D eigenvalue weighted by molar-refractivity contribution is -0.137. The number of hydrogen-bond acceptors (Lipinski definition) is 0. The fourth-order valence-electron chi connectivity index (χ4n) is 2.63. The van der Waals surface area contributed by atoms with Crippen LogP contribution in [0.4, 0.5) is 13.2 Å². The van der Waals surface area contributed by atoms with Crippen molar-refractivity contribution in [1.82, 2.24) is 0 Å². The molecule has 0 unspecified atom stereocenters. The van der Waals surface area contributed by atoms with Gasteiger partial charge in [0.15, 0.2) is 0 Å². The average molecular weight is 300 g/mol. The molecular formula is C19H15F3. The second-order valence-corrected chi connectivity index (χ2v) is 5.88. The maximum atomic E-state index is 12.5. The monoisotopic (exact) mass is 300 g/mol. The minimum atomic E-state index is -4.30. The summed E-state index contributed by atoms with van der Waals surface area (Å²) in [6, 6.07) is 15.2. The van der Waals surface area contributed by atoms with Gasteiger partial charge in [0.2, 0.25) is 0 Å². The lowest BCUT2D eigenvalue weighted by Crippen LogP contribution is -2.04. The molecule has 0 radical (unpaired) electrons. The van der Waals surface area contributed by atoms with Crippen LogP contribution in [0.1, 0.15) is 30.0 Å². The van der Waals surface area contributed by atoms with Crippen LogP contribution in [0.5, 0.6) is 0 Å². The Morgan fingerprint density at radius 3 is 2.23 bits per heavy atom. The second kappa shape index (κ2) is 5.21.